The highest BCUT2D eigenvalue weighted by Gasteiger charge is 2.38. The molecule has 0 atom stereocenters. The Balaban J connectivity index is 1.48. The summed E-state index contributed by atoms with van der Waals surface area (Å²) in [7, 11) is 0. The Morgan fingerprint density at radius 1 is 0.943 bits per heavy atom. The number of carbonyl (C=O) groups is 3. The number of benzene rings is 3. The average Bonchev–Trinajstić information content (AvgIpc) is 3.07. The lowest BCUT2D eigenvalue weighted by Crippen LogP contribution is -2.32. The molecule has 0 unspecified atom stereocenters. The van der Waals surface area contributed by atoms with Crippen LogP contribution in [0.15, 0.2) is 83.5 Å². The molecular formula is C28H25ClN2O4. The lowest BCUT2D eigenvalue weighted by Gasteiger charge is -2.15. The van der Waals surface area contributed by atoms with Gasteiger partial charge in [0.1, 0.15) is 16.5 Å². The van der Waals surface area contributed by atoms with Crippen molar-refractivity contribution >= 4 is 40.8 Å². The van der Waals surface area contributed by atoms with Crippen molar-refractivity contribution in [3.63, 3.8) is 0 Å². The topological polar surface area (TPSA) is 75.7 Å². The quantitative estimate of drug-likeness (QED) is 0.250. The number of nitrogens with zero attached hydrogens (tertiary/aromatic N) is 1. The van der Waals surface area contributed by atoms with Gasteiger partial charge in [-0.05, 0) is 65.9 Å². The molecule has 178 valence electrons. The highest BCUT2D eigenvalue weighted by Crippen LogP contribution is 2.31. The number of anilines is 2. The van der Waals surface area contributed by atoms with Crippen LogP contribution in [0.4, 0.5) is 11.4 Å². The average molecular weight is 489 g/mol. The summed E-state index contributed by atoms with van der Waals surface area (Å²) in [6.07, 6.45) is 0.849. The summed E-state index contributed by atoms with van der Waals surface area (Å²) in [6, 6.07) is 21.0. The summed E-state index contributed by atoms with van der Waals surface area (Å²) in [5.41, 5.74) is 3.32. The van der Waals surface area contributed by atoms with Crippen LogP contribution < -0.4 is 15.0 Å². The number of imide groups is 1. The summed E-state index contributed by atoms with van der Waals surface area (Å²) in [5.74, 6) is -0.894. The number of halogens is 1. The van der Waals surface area contributed by atoms with E-state index in [0.29, 0.717) is 22.7 Å². The fraction of sp³-hybridized carbons (Fsp3) is 0.179. The molecule has 3 aromatic carbocycles. The van der Waals surface area contributed by atoms with Crippen LogP contribution >= 0.6 is 11.6 Å². The monoisotopic (exact) mass is 488 g/mol. The zero-order valence-corrected chi connectivity index (χ0v) is 20.4. The number of aryl methyl sites for hydroxylation is 1. The van der Waals surface area contributed by atoms with Crippen LogP contribution in [0.1, 0.15) is 48.2 Å². The largest absolute Gasteiger partial charge is 0.423 e. The molecule has 1 aliphatic heterocycles. The Morgan fingerprint density at radius 2 is 1.60 bits per heavy atom. The molecule has 0 saturated heterocycles. The first-order valence-corrected chi connectivity index (χ1v) is 11.7. The van der Waals surface area contributed by atoms with Crippen LogP contribution in [-0.4, -0.2) is 17.8 Å². The molecule has 3 aromatic rings. The van der Waals surface area contributed by atoms with Gasteiger partial charge in [-0.3, -0.25) is 9.59 Å². The maximum Gasteiger partial charge on any atom is 0.343 e. The van der Waals surface area contributed by atoms with E-state index in [1.54, 1.807) is 42.5 Å². The molecule has 2 amide bonds. The van der Waals surface area contributed by atoms with Gasteiger partial charge in [0.25, 0.3) is 11.8 Å². The predicted molar refractivity (Wildman–Crippen MR) is 137 cm³/mol. The van der Waals surface area contributed by atoms with Crippen molar-refractivity contribution in [3.8, 4) is 5.75 Å². The first kappa shape index (κ1) is 24.2. The smallest absolute Gasteiger partial charge is 0.343 e. The van der Waals surface area contributed by atoms with Crippen LogP contribution in [0, 0.1) is 0 Å². The Morgan fingerprint density at radius 3 is 2.23 bits per heavy atom. The van der Waals surface area contributed by atoms with E-state index in [1.165, 1.54) is 0 Å². The third kappa shape index (κ3) is 4.98. The summed E-state index contributed by atoms with van der Waals surface area (Å²) >= 11 is 6.22. The van der Waals surface area contributed by atoms with Crippen molar-refractivity contribution in [2.24, 2.45) is 0 Å². The van der Waals surface area contributed by atoms with Crippen LogP contribution in [-0.2, 0) is 16.0 Å². The van der Waals surface area contributed by atoms with Crippen molar-refractivity contribution in [1.82, 2.24) is 0 Å². The van der Waals surface area contributed by atoms with Gasteiger partial charge in [0.2, 0.25) is 0 Å². The van der Waals surface area contributed by atoms with E-state index in [4.69, 9.17) is 16.3 Å². The fourth-order valence-electron chi connectivity index (χ4n) is 3.77. The van der Waals surface area contributed by atoms with Crippen LogP contribution in [0.5, 0.6) is 5.75 Å². The molecule has 1 N–H and O–H groups in total. The SMILES string of the molecule is CCc1ccc(N2C(=O)C(Cl)=C(Nc3ccc(C(=O)Oc4ccccc4C(C)C)cc3)C2=O)cc1. The van der Waals surface area contributed by atoms with Crippen molar-refractivity contribution in [2.45, 2.75) is 33.1 Å². The number of hydrogen-bond acceptors (Lipinski definition) is 5. The fourth-order valence-corrected chi connectivity index (χ4v) is 3.98. The Bertz CT molecular complexity index is 1310. The zero-order valence-electron chi connectivity index (χ0n) is 19.7. The maximum atomic E-state index is 13.0. The van der Waals surface area contributed by atoms with Gasteiger partial charge in [0.05, 0.1) is 11.3 Å². The molecule has 0 spiro atoms. The summed E-state index contributed by atoms with van der Waals surface area (Å²) in [6.45, 7) is 6.09. The van der Waals surface area contributed by atoms with Gasteiger partial charge in [-0.25, -0.2) is 9.69 Å². The molecule has 4 rings (SSSR count). The number of esters is 1. The van der Waals surface area contributed by atoms with Gasteiger partial charge in [0, 0.05) is 5.69 Å². The molecule has 0 saturated carbocycles. The second kappa shape index (κ2) is 10.2. The number of nitrogens with one attached hydrogen (secondary N) is 1. The third-order valence-electron chi connectivity index (χ3n) is 5.76. The molecule has 0 aliphatic carbocycles. The van der Waals surface area contributed by atoms with Crippen LogP contribution in [0.2, 0.25) is 0 Å². The minimum atomic E-state index is -0.590. The second-order valence-electron chi connectivity index (χ2n) is 8.44. The summed E-state index contributed by atoms with van der Waals surface area (Å²) in [5, 5.41) is 2.73. The molecule has 35 heavy (non-hydrogen) atoms. The van der Waals surface area contributed by atoms with Gasteiger partial charge in [0.15, 0.2) is 0 Å². The lowest BCUT2D eigenvalue weighted by atomic mass is 10.0. The van der Waals surface area contributed by atoms with Crippen molar-refractivity contribution in [1.29, 1.82) is 0 Å². The Kier molecular flexibility index (Phi) is 7.03. The van der Waals surface area contributed by atoms with E-state index in [-0.39, 0.29) is 16.6 Å². The van der Waals surface area contributed by atoms with Crippen LogP contribution in [0.3, 0.4) is 0 Å². The minimum Gasteiger partial charge on any atom is -0.423 e. The van der Waals surface area contributed by atoms with Gasteiger partial charge >= 0.3 is 5.97 Å². The van der Waals surface area contributed by atoms with Gasteiger partial charge in [-0.1, -0.05) is 62.7 Å². The van der Waals surface area contributed by atoms with E-state index in [9.17, 15) is 14.4 Å². The van der Waals surface area contributed by atoms with Crippen molar-refractivity contribution in [3.05, 3.63) is 100 Å². The maximum absolute atomic E-state index is 13.0. The highest BCUT2D eigenvalue weighted by atomic mass is 35.5. The molecule has 0 radical (unpaired) electrons. The molecule has 0 bridgehead atoms. The molecule has 1 aliphatic rings. The van der Waals surface area contributed by atoms with E-state index < -0.39 is 17.8 Å². The van der Waals surface area contributed by atoms with Crippen molar-refractivity contribution < 1.29 is 19.1 Å². The number of ether oxygens (including phenoxy) is 1. The number of hydrogen-bond donors (Lipinski definition) is 1. The minimum absolute atomic E-state index is 0.0163. The van der Waals surface area contributed by atoms with Crippen molar-refractivity contribution in [2.75, 3.05) is 10.2 Å². The number of rotatable bonds is 7. The molecular weight excluding hydrogens is 464 g/mol. The first-order chi connectivity index (χ1) is 16.8. The summed E-state index contributed by atoms with van der Waals surface area (Å²) < 4.78 is 5.60. The number of carbonyl (C=O) groups excluding carboxylic acids is 3. The molecule has 7 heteroatoms. The Hall–Kier alpha value is -3.90. The molecule has 0 fully saturated rings. The number of amides is 2. The van der Waals surface area contributed by atoms with E-state index in [0.717, 1.165) is 22.4 Å². The normalized spacial score (nSPS) is 13.6. The van der Waals surface area contributed by atoms with E-state index in [2.05, 4.69) is 5.32 Å². The van der Waals surface area contributed by atoms with Gasteiger partial charge < -0.3 is 10.1 Å². The van der Waals surface area contributed by atoms with Gasteiger partial charge in [-0.15, -0.1) is 0 Å². The molecule has 1 heterocycles. The van der Waals surface area contributed by atoms with E-state index >= 15 is 0 Å². The molecule has 0 aromatic heterocycles. The standard InChI is InChI=1S/C28H25ClN2O4/c1-4-18-9-15-21(16-10-18)31-26(32)24(29)25(27(31)33)30-20-13-11-19(12-14-20)28(34)35-23-8-6-5-7-22(23)17(2)3/h5-17,30H,4H2,1-3H3. The second-order valence-corrected chi connectivity index (χ2v) is 8.82. The van der Waals surface area contributed by atoms with E-state index in [1.807, 2.05) is 51.1 Å². The molecule has 6 nitrogen and oxygen atoms in total. The third-order valence-corrected chi connectivity index (χ3v) is 6.11. The van der Waals surface area contributed by atoms with Crippen LogP contribution in [0.25, 0.3) is 0 Å². The zero-order chi connectivity index (χ0) is 25.1. The highest BCUT2D eigenvalue weighted by molar-refractivity contribution is 6.53. The number of para-hydroxylation sites is 1. The lowest BCUT2D eigenvalue weighted by molar-refractivity contribution is -0.120. The Labute approximate surface area is 209 Å². The summed E-state index contributed by atoms with van der Waals surface area (Å²) in [4.78, 5) is 39.4. The predicted octanol–water partition coefficient (Wildman–Crippen LogP) is 6.03. The first-order valence-electron chi connectivity index (χ1n) is 11.4. The van der Waals surface area contributed by atoms with Gasteiger partial charge in [-0.2, -0.15) is 0 Å².